The van der Waals surface area contributed by atoms with Gasteiger partial charge in [0.05, 0.1) is 12.0 Å². The van der Waals surface area contributed by atoms with Crippen molar-refractivity contribution in [3.63, 3.8) is 0 Å². The predicted molar refractivity (Wildman–Crippen MR) is 64.2 cm³/mol. The van der Waals surface area contributed by atoms with E-state index in [4.69, 9.17) is 14.9 Å². The maximum atomic E-state index is 11.3. The third-order valence-electron chi connectivity index (χ3n) is 2.93. The second-order valence-electron chi connectivity index (χ2n) is 4.21. The lowest BCUT2D eigenvalue weighted by molar-refractivity contribution is -0.151. The largest absolute Gasteiger partial charge is 0.480 e. The van der Waals surface area contributed by atoms with Crippen molar-refractivity contribution in [2.45, 2.75) is 31.3 Å². The van der Waals surface area contributed by atoms with E-state index in [1.807, 2.05) is 0 Å². The van der Waals surface area contributed by atoms with Crippen LogP contribution in [0.3, 0.4) is 0 Å². The number of aliphatic imine (C=N–C) groups is 1. The molecule has 1 aliphatic heterocycles. The molecule has 10 heteroatoms. The average molecular weight is 294 g/mol. The fourth-order valence-corrected chi connectivity index (χ4v) is 2.38. The second-order valence-corrected chi connectivity index (χ2v) is 5.99. The van der Waals surface area contributed by atoms with Crippen LogP contribution in [-0.4, -0.2) is 55.5 Å². The number of hydrogen-bond donors (Lipinski definition) is 5. The molecule has 0 aliphatic carbocycles. The highest BCUT2D eigenvalue weighted by Gasteiger charge is 2.53. The molecule has 0 saturated heterocycles. The van der Waals surface area contributed by atoms with Gasteiger partial charge in [-0.1, -0.05) is 6.92 Å². The minimum absolute atomic E-state index is 0.0139. The first-order valence-electron chi connectivity index (χ1n) is 5.48. The topological polar surface area (TPSA) is 157 Å². The number of nitrogens with zero attached hydrogens (tertiary/aromatic N) is 1. The molecule has 0 aromatic rings. The van der Waals surface area contributed by atoms with E-state index in [-0.39, 0.29) is 18.7 Å². The molecule has 0 bridgehead atoms. The van der Waals surface area contributed by atoms with Crippen molar-refractivity contribution < 1.29 is 34.2 Å². The summed E-state index contributed by atoms with van der Waals surface area (Å²) in [7, 11) is -4.25. The number of carboxylic acid groups (broad SMARTS) is 2. The molecule has 108 valence electrons. The fourth-order valence-electron chi connectivity index (χ4n) is 1.87. The van der Waals surface area contributed by atoms with Gasteiger partial charge < -0.3 is 25.3 Å². The van der Waals surface area contributed by atoms with Crippen LogP contribution in [0.1, 0.15) is 19.8 Å². The van der Waals surface area contributed by atoms with Gasteiger partial charge in [0.25, 0.3) is 0 Å². The van der Waals surface area contributed by atoms with Gasteiger partial charge in [0.15, 0.2) is 11.6 Å². The van der Waals surface area contributed by atoms with Gasteiger partial charge in [0, 0.05) is 6.42 Å². The molecular weight excluding hydrogens is 279 g/mol. The van der Waals surface area contributed by atoms with Gasteiger partial charge in [-0.05, 0) is 6.42 Å². The van der Waals surface area contributed by atoms with Crippen molar-refractivity contribution in [2.24, 2.45) is 4.99 Å². The number of amidine groups is 1. The summed E-state index contributed by atoms with van der Waals surface area (Å²) < 4.78 is 10.7. The summed E-state index contributed by atoms with van der Waals surface area (Å²) in [6.45, 7) is 1.50. The molecule has 0 radical (unpaired) electrons. The number of nitrogens with one attached hydrogen (secondary N) is 1. The molecule has 19 heavy (non-hydrogen) atoms. The quantitative estimate of drug-likeness (QED) is 0.400. The van der Waals surface area contributed by atoms with Gasteiger partial charge in [-0.25, -0.2) is 9.59 Å². The van der Waals surface area contributed by atoms with Crippen LogP contribution in [0.15, 0.2) is 4.99 Å². The van der Waals surface area contributed by atoms with Crippen molar-refractivity contribution in [2.75, 3.05) is 6.16 Å². The van der Waals surface area contributed by atoms with Gasteiger partial charge in [0.2, 0.25) is 0 Å². The zero-order valence-corrected chi connectivity index (χ0v) is 11.0. The third kappa shape index (κ3) is 3.31. The lowest BCUT2D eigenvalue weighted by Crippen LogP contribution is -2.58. The molecule has 1 rings (SSSR count). The smallest absolute Gasteiger partial charge is 0.332 e. The Balaban J connectivity index is 2.95. The first kappa shape index (κ1) is 15.6. The first-order chi connectivity index (χ1) is 8.62. The molecule has 5 N–H and O–H groups in total. The van der Waals surface area contributed by atoms with Crippen molar-refractivity contribution in [1.29, 1.82) is 0 Å². The Bertz CT molecular complexity index is 471. The molecule has 0 saturated carbocycles. The van der Waals surface area contributed by atoms with Gasteiger partial charge in [-0.15, -0.1) is 0 Å². The lowest BCUT2D eigenvalue weighted by Gasteiger charge is -2.27. The van der Waals surface area contributed by atoms with Gasteiger partial charge in [0.1, 0.15) is 0 Å². The first-order valence-corrected chi connectivity index (χ1v) is 7.28. The number of rotatable bonds is 6. The SMILES string of the molecule is CCC1(C(=O)O)NC(CCP(=O)(O)O)=NC1C(=O)O. The van der Waals surface area contributed by atoms with Gasteiger partial charge in [-0.2, -0.15) is 0 Å². The summed E-state index contributed by atoms with van der Waals surface area (Å²) in [5.74, 6) is -2.78. The molecule has 0 aromatic heterocycles. The minimum atomic E-state index is -4.25. The van der Waals surface area contributed by atoms with Crippen molar-refractivity contribution >= 4 is 25.4 Å². The fraction of sp³-hybridized carbons (Fsp3) is 0.667. The van der Waals surface area contributed by atoms with Crippen molar-refractivity contribution in [3.8, 4) is 0 Å². The minimum Gasteiger partial charge on any atom is -0.480 e. The molecule has 0 fully saturated rings. The van der Waals surface area contributed by atoms with Gasteiger partial charge >= 0.3 is 19.5 Å². The van der Waals surface area contributed by atoms with E-state index in [9.17, 15) is 19.3 Å². The van der Waals surface area contributed by atoms with Crippen LogP contribution >= 0.6 is 7.60 Å². The summed E-state index contributed by atoms with van der Waals surface area (Å²) in [4.78, 5) is 43.5. The van der Waals surface area contributed by atoms with E-state index in [0.29, 0.717) is 0 Å². The van der Waals surface area contributed by atoms with Gasteiger partial charge in [-0.3, -0.25) is 9.56 Å². The number of hydrogen-bond acceptors (Lipinski definition) is 5. The third-order valence-corrected chi connectivity index (χ3v) is 3.74. The zero-order chi connectivity index (χ0) is 14.8. The van der Waals surface area contributed by atoms with E-state index < -0.39 is 37.3 Å². The Morgan fingerprint density at radius 2 is 2.00 bits per heavy atom. The van der Waals surface area contributed by atoms with Crippen LogP contribution in [0.4, 0.5) is 0 Å². The Morgan fingerprint density at radius 3 is 2.32 bits per heavy atom. The molecular formula is C9H15N2O7P. The maximum Gasteiger partial charge on any atom is 0.332 e. The molecule has 0 spiro atoms. The standard InChI is InChI=1S/C9H15N2O7P/c1-2-9(8(14)15)6(7(12)13)10-5(11-9)3-4-19(16,17)18/h6H,2-4H2,1H3,(H,10,11)(H,12,13)(H,14,15)(H2,16,17,18). The summed E-state index contributed by atoms with van der Waals surface area (Å²) in [5, 5.41) is 20.7. The highest BCUT2D eigenvalue weighted by Crippen LogP contribution is 2.36. The molecule has 0 aromatic carbocycles. The summed E-state index contributed by atoms with van der Waals surface area (Å²) in [6, 6.07) is -1.51. The Labute approximate surface area is 108 Å². The van der Waals surface area contributed by atoms with E-state index in [0.717, 1.165) is 0 Å². The number of carboxylic acids is 2. The Hall–Kier alpha value is -1.44. The van der Waals surface area contributed by atoms with E-state index >= 15 is 0 Å². The Kier molecular flexibility index (Phi) is 4.34. The molecule has 2 unspecified atom stereocenters. The molecule has 2 atom stereocenters. The number of aliphatic carboxylic acids is 2. The van der Waals surface area contributed by atoms with Crippen LogP contribution in [0, 0.1) is 0 Å². The van der Waals surface area contributed by atoms with Crippen molar-refractivity contribution in [3.05, 3.63) is 0 Å². The van der Waals surface area contributed by atoms with Crippen LogP contribution in [-0.2, 0) is 14.2 Å². The second kappa shape index (κ2) is 5.28. The van der Waals surface area contributed by atoms with E-state index in [1.54, 1.807) is 0 Å². The maximum absolute atomic E-state index is 11.3. The highest BCUT2D eigenvalue weighted by molar-refractivity contribution is 7.51. The molecule has 1 heterocycles. The highest BCUT2D eigenvalue weighted by atomic mass is 31.2. The average Bonchev–Trinajstić information content (AvgIpc) is 2.65. The van der Waals surface area contributed by atoms with E-state index in [1.165, 1.54) is 6.92 Å². The van der Waals surface area contributed by atoms with Crippen LogP contribution < -0.4 is 5.32 Å². The van der Waals surface area contributed by atoms with Crippen LogP contribution in [0.5, 0.6) is 0 Å². The van der Waals surface area contributed by atoms with Crippen molar-refractivity contribution in [1.82, 2.24) is 5.32 Å². The predicted octanol–water partition coefficient (Wildman–Crippen LogP) is -0.758. The summed E-state index contributed by atoms with van der Waals surface area (Å²) in [5.41, 5.74) is -1.77. The Morgan fingerprint density at radius 1 is 1.42 bits per heavy atom. The zero-order valence-electron chi connectivity index (χ0n) is 10.1. The lowest BCUT2D eigenvalue weighted by atomic mass is 9.88. The summed E-state index contributed by atoms with van der Waals surface area (Å²) >= 11 is 0. The molecule has 1 aliphatic rings. The molecule has 9 nitrogen and oxygen atoms in total. The summed E-state index contributed by atoms with van der Waals surface area (Å²) in [6.07, 6.45) is -0.754. The van der Waals surface area contributed by atoms with E-state index in [2.05, 4.69) is 10.3 Å². The monoisotopic (exact) mass is 294 g/mol. The van der Waals surface area contributed by atoms with Crippen LogP contribution in [0.25, 0.3) is 0 Å². The molecule has 0 amide bonds. The number of carbonyl (C=O) groups is 2. The van der Waals surface area contributed by atoms with Crippen LogP contribution in [0.2, 0.25) is 0 Å². The normalized spacial score (nSPS) is 26.7.